The van der Waals surface area contributed by atoms with Gasteiger partial charge in [-0.25, -0.2) is 4.79 Å². The molecule has 0 aliphatic carbocycles. The minimum atomic E-state index is -1.08. The second kappa shape index (κ2) is 6.46. The molecule has 0 radical (unpaired) electrons. The fraction of sp³-hybridized carbons (Fsp3) is 0.400. The van der Waals surface area contributed by atoms with E-state index < -0.39 is 5.97 Å². The fourth-order valence-electron chi connectivity index (χ4n) is 2.03. The van der Waals surface area contributed by atoms with Crippen molar-refractivity contribution in [2.75, 3.05) is 24.6 Å². The molecule has 0 aromatic heterocycles. The van der Waals surface area contributed by atoms with Crippen molar-refractivity contribution in [3.63, 3.8) is 0 Å². The summed E-state index contributed by atoms with van der Waals surface area (Å²) in [6.45, 7) is 4.15. The Morgan fingerprint density at radius 2 is 2.14 bits per heavy atom. The van der Waals surface area contributed by atoms with E-state index in [0.717, 1.165) is 0 Å². The van der Waals surface area contributed by atoms with E-state index >= 15 is 0 Å². The first kappa shape index (κ1) is 15.8. The maximum atomic E-state index is 12.0. The summed E-state index contributed by atoms with van der Waals surface area (Å²) in [7, 11) is 0. The maximum Gasteiger partial charge on any atom is 0.335 e. The number of ether oxygens (including phenoxy) is 1. The lowest BCUT2D eigenvalue weighted by molar-refractivity contribution is -0.125. The summed E-state index contributed by atoms with van der Waals surface area (Å²) in [5, 5.41) is 11.7. The van der Waals surface area contributed by atoms with Crippen LogP contribution in [0.5, 0.6) is 5.75 Å². The van der Waals surface area contributed by atoms with Gasteiger partial charge in [-0.15, -0.1) is 0 Å². The van der Waals surface area contributed by atoms with E-state index in [9.17, 15) is 14.4 Å². The van der Waals surface area contributed by atoms with Crippen molar-refractivity contribution in [3.8, 4) is 5.75 Å². The second-order valence-electron chi connectivity index (χ2n) is 5.45. The summed E-state index contributed by atoms with van der Waals surface area (Å²) in [5.41, 5.74) is 0.471. The van der Waals surface area contributed by atoms with Crippen LogP contribution in [0.1, 0.15) is 24.2 Å². The van der Waals surface area contributed by atoms with Crippen molar-refractivity contribution in [2.24, 2.45) is 5.92 Å². The quantitative estimate of drug-likeness (QED) is 0.842. The number of benzene rings is 1. The molecule has 1 aliphatic rings. The van der Waals surface area contributed by atoms with Crippen LogP contribution >= 0.6 is 0 Å². The van der Waals surface area contributed by atoms with Gasteiger partial charge in [0.05, 0.1) is 11.3 Å². The number of anilines is 1. The number of carboxylic acid groups (broad SMARTS) is 1. The van der Waals surface area contributed by atoms with E-state index in [0.29, 0.717) is 18.2 Å². The molecular formula is C15H18N2O5. The molecule has 2 rings (SSSR count). The molecule has 0 fully saturated rings. The minimum Gasteiger partial charge on any atom is -0.482 e. The van der Waals surface area contributed by atoms with E-state index in [4.69, 9.17) is 9.84 Å². The van der Waals surface area contributed by atoms with E-state index in [2.05, 4.69) is 5.32 Å². The Bertz CT molecular complexity index is 612. The van der Waals surface area contributed by atoms with Crippen molar-refractivity contribution < 1.29 is 24.2 Å². The zero-order chi connectivity index (χ0) is 16.3. The van der Waals surface area contributed by atoms with E-state index in [1.54, 1.807) is 0 Å². The molecule has 7 heteroatoms. The van der Waals surface area contributed by atoms with Gasteiger partial charge in [0.25, 0.3) is 5.91 Å². The van der Waals surface area contributed by atoms with Gasteiger partial charge < -0.3 is 15.2 Å². The van der Waals surface area contributed by atoms with E-state index in [-0.39, 0.29) is 36.3 Å². The zero-order valence-corrected chi connectivity index (χ0v) is 12.5. The van der Waals surface area contributed by atoms with E-state index in [1.165, 1.54) is 23.1 Å². The summed E-state index contributed by atoms with van der Waals surface area (Å²) in [6, 6.07) is 4.21. The van der Waals surface area contributed by atoms with Crippen LogP contribution in [-0.2, 0) is 9.59 Å². The smallest absolute Gasteiger partial charge is 0.335 e. The third kappa shape index (κ3) is 3.55. The van der Waals surface area contributed by atoms with Crippen molar-refractivity contribution in [2.45, 2.75) is 13.8 Å². The number of aromatic carboxylic acids is 1. The minimum absolute atomic E-state index is 0.0670. The lowest BCUT2D eigenvalue weighted by Crippen LogP contribution is -2.45. The molecule has 2 N–H and O–H groups in total. The van der Waals surface area contributed by atoms with Gasteiger partial charge in [0, 0.05) is 6.54 Å². The first-order chi connectivity index (χ1) is 10.4. The average molecular weight is 306 g/mol. The molecule has 1 aromatic rings. The molecule has 0 bridgehead atoms. The van der Waals surface area contributed by atoms with Gasteiger partial charge in [-0.1, -0.05) is 13.8 Å². The number of amides is 2. The van der Waals surface area contributed by atoms with Gasteiger partial charge in [-0.2, -0.15) is 0 Å². The number of nitrogens with one attached hydrogen (secondary N) is 1. The highest BCUT2D eigenvalue weighted by Gasteiger charge is 2.28. The monoisotopic (exact) mass is 306 g/mol. The normalized spacial score (nSPS) is 13.6. The van der Waals surface area contributed by atoms with Crippen LogP contribution in [0.2, 0.25) is 0 Å². The average Bonchev–Trinajstić information content (AvgIpc) is 2.47. The van der Waals surface area contributed by atoms with Crippen molar-refractivity contribution in [3.05, 3.63) is 23.8 Å². The molecule has 0 unspecified atom stereocenters. The first-order valence-electron chi connectivity index (χ1n) is 6.95. The fourth-order valence-corrected chi connectivity index (χ4v) is 2.03. The lowest BCUT2D eigenvalue weighted by atomic mass is 10.1. The largest absolute Gasteiger partial charge is 0.482 e. The highest BCUT2D eigenvalue weighted by atomic mass is 16.5. The predicted octanol–water partition coefficient (Wildman–Crippen LogP) is 0.882. The van der Waals surface area contributed by atoms with Crippen LogP contribution in [0, 0.1) is 5.92 Å². The van der Waals surface area contributed by atoms with Crippen LogP contribution in [0.3, 0.4) is 0 Å². The van der Waals surface area contributed by atoms with Gasteiger partial charge in [-0.3, -0.25) is 14.5 Å². The second-order valence-corrected chi connectivity index (χ2v) is 5.45. The summed E-state index contributed by atoms with van der Waals surface area (Å²) < 4.78 is 5.25. The molecule has 22 heavy (non-hydrogen) atoms. The van der Waals surface area contributed by atoms with Gasteiger partial charge >= 0.3 is 5.97 Å². The molecule has 0 saturated heterocycles. The van der Waals surface area contributed by atoms with Crippen molar-refractivity contribution in [1.29, 1.82) is 0 Å². The highest BCUT2D eigenvalue weighted by molar-refractivity contribution is 6.02. The zero-order valence-electron chi connectivity index (χ0n) is 12.5. The Hall–Kier alpha value is -2.57. The summed E-state index contributed by atoms with van der Waals surface area (Å²) in [6.07, 6.45) is 0. The number of carbonyl (C=O) groups excluding carboxylic acids is 2. The summed E-state index contributed by atoms with van der Waals surface area (Å²) >= 11 is 0. The van der Waals surface area contributed by atoms with Crippen molar-refractivity contribution >= 4 is 23.5 Å². The number of rotatable bonds is 5. The topological polar surface area (TPSA) is 95.9 Å². The lowest BCUT2D eigenvalue weighted by Gasteiger charge is -2.29. The Labute approximate surface area is 127 Å². The number of hydrogen-bond donors (Lipinski definition) is 2. The summed E-state index contributed by atoms with van der Waals surface area (Å²) in [5.74, 6) is -1.08. The van der Waals surface area contributed by atoms with Crippen LogP contribution in [0.25, 0.3) is 0 Å². The molecule has 2 amide bonds. The Balaban J connectivity index is 2.17. The standard InChI is InChI=1S/C15H18N2O5/c1-9(2)6-16-13(18)7-17-11-4-3-10(15(20)21)5-12(11)22-8-14(17)19/h3-5,9H,6-8H2,1-2H3,(H,16,18)(H,20,21). The van der Waals surface area contributed by atoms with Gasteiger partial charge in [0.2, 0.25) is 5.91 Å². The van der Waals surface area contributed by atoms with Gasteiger partial charge in [-0.05, 0) is 24.1 Å². The number of fused-ring (bicyclic) bond motifs is 1. The van der Waals surface area contributed by atoms with Gasteiger partial charge in [0.15, 0.2) is 6.61 Å². The molecule has 7 nitrogen and oxygen atoms in total. The Morgan fingerprint density at radius 1 is 1.41 bits per heavy atom. The third-order valence-corrected chi connectivity index (χ3v) is 3.16. The Morgan fingerprint density at radius 3 is 2.77 bits per heavy atom. The van der Waals surface area contributed by atoms with Crippen LogP contribution in [0.4, 0.5) is 5.69 Å². The van der Waals surface area contributed by atoms with Crippen LogP contribution in [-0.4, -0.2) is 42.6 Å². The SMILES string of the molecule is CC(C)CNC(=O)CN1C(=O)COc2cc(C(=O)O)ccc21. The molecule has 1 aromatic carbocycles. The number of carboxylic acids is 1. The van der Waals surface area contributed by atoms with Crippen LogP contribution < -0.4 is 15.0 Å². The van der Waals surface area contributed by atoms with E-state index in [1.807, 2.05) is 13.8 Å². The first-order valence-corrected chi connectivity index (χ1v) is 6.95. The molecule has 0 spiro atoms. The molecule has 118 valence electrons. The number of nitrogens with zero attached hydrogens (tertiary/aromatic N) is 1. The van der Waals surface area contributed by atoms with Crippen LogP contribution in [0.15, 0.2) is 18.2 Å². The molecular weight excluding hydrogens is 288 g/mol. The molecule has 0 atom stereocenters. The van der Waals surface area contributed by atoms with Gasteiger partial charge in [0.1, 0.15) is 12.3 Å². The number of hydrogen-bond acceptors (Lipinski definition) is 4. The maximum absolute atomic E-state index is 12.0. The molecule has 1 heterocycles. The third-order valence-electron chi connectivity index (χ3n) is 3.16. The Kier molecular flexibility index (Phi) is 4.65. The molecule has 0 saturated carbocycles. The predicted molar refractivity (Wildman–Crippen MR) is 79.1 cm³/mol. The number of carbonyl (C=O) groups is 3. The summed E-state index contributed by atoms with van der Waals surface area (Å²) in [4.78, 5) is 36.1. The van der Waals surface area contributed by atoms with Crippen molar-refractivity contribution in [1.82, 2.24) is 5.32 Å². The highest BCUT2D eigenvalue weighted by Crippen LogP contribution is 2.32. The molecule has 1 aliphatic heterocycles.